The fraction of sp³-hybridized carbons (Fsp3) is 0.289. The van der Waals surface area contributed by atoms with Crippen LogP contribution in [-0.4, -0.2) is 29.8 Å². The zero-order valence-corrected chi connectivity index (χ0v) is 26.7. The molecule has 0 heterocycles. The molecule has 1 aliphatic rings. The largest absolute Gasteiger partial charge is 0.461 e. The molecule has 1 aliphatic carbocycles. The maximum atomic E-state index is 13.0. The van der Waals surface area contributed by atoms with Crippen LogP contribution in [0.2, 0.25) is 0 Å². The van der Waals surface area contributed by atoms with Gasteiger partial charge in [0, 0.05) is 18.3 Å². The maximum absolute atomic E-state index is 13.0. The average Bonchev–Trinajstić information content (AvgIpc) is 3.51. The lowest BCUT2D eigenvalue weighted by molar-refractivity contribution is -0.145. The van der Waals surface area contributed by atoms with E-state index in [4.69, 9.17) is 21.1 Å². The van der Waals surface area contributed by atoms with Gasteiger partial charge in [-0.2, -0.15) is 0 Å². The van der Waals surface area contributed by atoms with Crippen molar-refractivity contribution in [1.82, 2.24) is 5.32 Å². The number of carbonyl (C=O) groups excluding carboxylic acids is 3. The van der Waals surface area contributed by atoms with Crippen molar-refractivity contribution in [3.8, 4) is 5.75 Å². The molecule has 0 unspecified atom stereocenters. The molecular formula is C38H42ClNO5. The molecule has 3 rings (SSSR count). The summed E-state index contributed by atoms with van der Waals surface area (Å²) < 4.78 is 11.0. The molecule has 0 aliphatic heterocycles. The Morgan fingerprint density at radius 3 is 2.44 bits per heavy atom. The summed E-state index contributed by atoms with van der Waals surface area (Å²) in [4.78, 5) is 38.3. The van der Waals surface area contributed by atoms with E-state index in [0.717, 1.165) is 41.5 Å². The molecule has 236 valence electrons. The molecule has 1 amide bonds. The second kappa shape index (κ2) is 19.1. The maximum Gasteiger partial charge on any atom is 0.311 e. The SMILES string of the molecule is C=C\C(=C/C=C(C)/C(C=C)=C/C=C\CCl)C[C@H](CC(=O)OCc1ccccc1)NC(=O)CCC(=O)Oc1ccc2c(c1)CCC2. The van der Waals surface area contributed by atoms with Gasteiger partial charge in [-0.15, -0.1) is 11.6 Å². The van der Waals surface area contributed by atoms with Gasteiger partial charge >= 0.3 is 11.9 Å². The first-order valence-electron chi connectivity index (χ1n) is 15.2. The van der Waals surface area contributed by atoms with Gasteiger partial charge in [0.15, 0.2) is 0 Å². The monoisotopic (exact) mass is 627 g/mol. The Morgan fingerprint density at radius 2 is 1.71 bits per heavy atom. The second-order valence-corrected chi connectivity index (χ2v) is 11.1. The number of aryl methyl sites for hydroxylation is 2. The van der Waals surface area contributed by atoms with E-state index in [2.05, 4.69) is 18.5 Å². The van der Waals surface area contributed by atoms with Crippen molar-refractivity contribution in [2.24, 2.45) is 0 Å². The predicted octanol–water partition coefficient (Wildman–Crippen LogP) is 7.84. The van der Waals surface area contributed by atoms with E-state index in [9.17, 15) is 14.4 Å². The Bertz CT molecular complexity index is 1470. The number of carbonyl (C=O) groups is 3. The van der Waals surface area contributed by atoms with Crippen molar-refractivity contribution in [3.05, 3.63) is 138 Å². The predicted molar refractivity (Wildman–Crippen MR) is 181 cm³/mol. The van der Waals surface area contributed by atoms with Gasteiger partial charge in [-0.3, -0.25) is 14.4 Å². The fourth-order valence-corrected chi connectivity index (χ4v) is 5.00. The van der Waals surface area contributed by atoms with E-state index in [-0.39, 0.29) is 31.8 Å². The minimum atomic E-state index is -0.576. The van der Waals surface area contributed by atoms with Gasteiger partial charge in [-0.1, -0.05) is 92.1 Å². The Balaban J connectivity index is 1.64. The van der Waals surface area contributed by atoms with Crippen LogP contribution in [0.1, 0.15) is 55.7 Å². The van der Waals surface area contributed by atoms with E-state index in [1.165, 1.54) is 11.1 Å². The van der Waals surface area contributed by atoms with Crippen LogP contribution in [0.4, 0.5) is 0 Å². The highest BCUT2D eigenvalue weighted by Gasteiger charge is 2.20. The van der Waals surface area contributed by atoms with Crippen molar-refractivity contribution < 1.29 is 23.9 Å². The van der Waals surface area contributed by atoms with Crippen LogP contribution in [-0.2, 0) is 38.6 Å². The van der Waals surface area contributed by atoms with Gasteiger partial charge in [-0.05, 0) is 78.1 Å². The lowest BCUT2D eigenvalue weighted by atomic mass is 10.0. The molecule has 1 atom stereocenters. The number of nitrogens with one attached hydrogen (secondary N) is 1. The van der Waals surface area contributed by atoms with Crippen LogP contribution in [0.5, 0.6) is 5.75 Å². The van der Waals surface area contributed by atoms with E-state index >= 15 is 0 Å². The highest BCUT2D eigenvalue weighted by atomic mass is 35.5. The lowest BCUT2D eigenvalue weighted by Crippen LogP contribution is -2.37. The summed E-state index contributed by atoms with van der Waals surface area (Å²) in [5.41, 5.74) is 6.07. The smallest absolute Gasteiger partial charge is 0.311 e. The van der Waals surface area contributed by atoms with Crippen molar-refractivity contribution in [3.63, 3.8) is 0 Å². The van der Waals surface area contributed by atoms with Gasteiger partial charge in [0.1, 0.15) is 12.4 Å². The second-order valence-electron chi connectivity index (χ2n) is 10.8. The van der Waals surface area contributed by atoms with Crippen LogP contribution in [0.3, 0.4) is 0 Å². The lowest BCUT2D eigenvalue weighted by Gasteiger charge is -2.19. The fourth-order valence-electron chi connectivity index (χ4n) is 4.90. The number of ether oxygens (including phenoxy) is 2. The van der Waals surface area contributed by atoms with Gasteiger partial charge in [0.2, 0.25) is 5.91 Å². The van der Waals surface area contributed by atoms with Gasteiger partial charge in [0.05, 0.1) is 12.8 Å². The number of esters is 2. The molecule has 45 heavy (non-hydrogen) atoms. The molecule has 0 saturated carbocycles. The molecule has 0 radical (unpaired) electrons. The molecule has 0 saturated heterocycles. The molecule has 0 fully saturated rings. The zero-order valence-electron chi connectivity index (χ0n) is 25.9. The van der Waals surface area contributed by atoms with Crippen LogP contribution in [0, 0.1) is 0 Å². The number of alkyl halides is 1. The van der Waals surface area contributed by atoms with Crippen LogP contribution in [0.25, 0.3) is 0 Å². The summed E-state index contributed by atoms with van der Waals surface area (Å²) in [6.45, 7) is 9.90. The topological polar surface area (TPSA) is 81.7 Å². The Kier molecular flexibility index (Phi) is 14.9. The van der Waals surface area contributed by atoms with Crippen molar-refractivity contribution in [1.29, 1.82) is 0 Å². The number of amides is 1. The minimum Gasteiger partial charge on any atom is -0.461 e. The first kappa shape index (κ1) is 35.1. The number of hydrogen-bond donors (Lipinski definition) is 1. The average molecular weight is 628 g/mol. The Morgan fingerprint density at radius 1 is 0.933 bits per heavy atom. The van der Waals surface area contributed by atoms with Crippen molar-refractivity contribution in [2.45, 2.75) is 64.5 Å². The first-order chi connectivity index (χ1) is 21.8. The van der Waals surface area contributed by atoms with Crippen LogP contribution in [0.15, 0.2) is 121 Å². The Hall–Kier alpha value is -4.42. The van der Waals surface area contributed by atoms with Gasteiger partial charge in [-0.25, -0.2) is 0 Å². The third-order valence-corrected chi connectivity index (χ3v) is 7.52. The molecule has 0 spiro atoms. The van der Waals surface area contributed by atoms with Crippen LogP contribution < -0.4 is 10.1 Å². The molecule has 2 aromatic carbocycles. The molecule has 1 N–H and O–H groups in total. The summed E-state index contributed by atoms with van der Waals surface area (Å²) in [6, 6.07) is 14.5. The number of benzene rings is 2. The zero-order chi connectivity index (χ0) is 32.4. The van der Waals surface area contributed by atoms with Gasteiger partial charge < -0.3 is 14.8 Å². The standard InChI is InChI=1S/C38H42ClNO5/c1-4-29(18-17-28(3)31(5-2)14-9-10-23-39)24-34(26-38(43)44-27-30-12-7-6-8-13-30)40-36(41)21-22-37(42)45-35-20-19-32-15-11-16-33(32)25-35/h4-10,12-14,17-20,25,34H,1-2,11,15-16,21-24,26-27H2,3H3,(H,40,41)/b10-9-,28-17+,29-18+,31-14+/t34-/m1/s1. The third-order valence-electron chi connectivity index (χ3n) is 7.35. The number of rotatable bonds is 17. The van der Waals surface area contributed by atoms with Crippen molar-refractivity contribution >= 4 is 29.4 Å². The number of hydrogen-bond acceptors (Lipinski definition) is 5. The van der Waals surface area contributed by atoms with E-state index < -0.39 is 18.0 Å². The first-order valence-corrected chi connectivity index (χ1v) is 15.7. The number of fused-ring (bicyclic) bond motifs is 1. The van der Waals surface area contributed by atoms with Gasteiger partial charge in [0.25, 0.3) is 0 Å². The Labute approximate surface area is 271 Å². The minimum absolute atomic E-state index is 0.0486. The molecule has 7 heteroatoms. The van der Waals surface area contributed by atoms with Crippen molar-refractivity contribution in [2.75, 3.05) is 5.88 Å². The summed E-state index contributed by atoms with van der Waals surface area (Å²) in [7, 11) is 0. The molecular weight excluding hydrogens is 586 g/mol. The summed E-state index contributed by atoms with van der Waals surface area (Å²) in [6.07, 6.45) is 16.1. The summed E-state index contributed by atoms with van der Waals surface area (Å²) in [5, 5.41) is 2.91. The summed E-state index contributed by atoms with van der Waals surface area (Å²) >= 11 is 5.72. The summed E-state index contributed by atoms with van der Waals surface area (Å²) in [5.74, 6) is -0.381. The highest BCUT2D eigenvalue weighted by Crippen LogP contribution is 2.26. The molecule has 6 nitrogen and oxygen atoms in total. The number of allylic oxidation sites excluding steroid dienone is 9. The third kappa shape index (κ3) is 12.6. The molecule has 2 aromatic rings. The molecule has 0 aromatic heterocycles. The van der Waals surface area contributed by atoms with Crippen LogP contribution >= 0.6 is 11.6 Å². The highest BCUT2D eigenvalue weighted by molar-refractivity contribution is 6.18. The molecule has 0 bridgehead atoms. The van der Waals surface area contributed by atoms with E-state index in [0.29, 0.717) is 18.1 Å². The normalized spacial score (nSPS) is 14.0. The number of halogens is 1. The van der Waals surface area contributed by atoms with E-state index in [1.807, 2.05) is 79.8 Å². The quantitative estimate of drug-likeness (QED) is 0.0836. The van der Waals surface area contributed by atoms with E-state index in [1.54, 1.807) is 18.2 Å².